The average Bonchev–Trinajstić information content (AvgIpc) is 3.26. The maximum absolute atomic E-state index is 12.2. The van der Waals surface area contributed by atoms with Gasteiger partial charge in [0, 0.05) is 24.2 Å². The Balaban J connectivity index is 1.53. The Morgan fingerprint density at radius 1 is 1.27 bits per heavy atom. The summed E-state index contributed by atoms with van der Waals surface area (Å²) in [4.78, 5) is 31.5. The molecule has 0 saturated carbocycles. The summed E-state index contributed by atoms with van der Waals surface area (Å²) in [7, 11) is 0. The largest absolute Gasteiger partial charge is 0.444 e. The number of alkyl carbamates (subject to hydrolysis) is 1. The number of carbonyl (C=O) groups is 2. The molecule has 8 nitrogen and oxygen atoms in total. The first-order chi connectivity index (χ1) is 15.5. The average molecular weight is 510 g/mol. The lowest BCUT2D eigenvalue weighted by Crippen LogP contribution is -2.54. The molecule has 1 saturated heterocycles. The summed E-state index contributed by atoms with van der Waals surface area (Å²) in [6.45, 7) is 8.77. The van der Waals surface area contributed by atoms with Crippen molar-refractivity contribution in [1.29, 1.82) is 0 Å². The maximum atomic E-state index is 12.2. The van der Waals surface area contributed by atoms with Crippen LogP contribution in [0.25, 0.3) is 15.5 Å². The quantitative estimate of drug-likeness (QED) is 0.469. The van der Waals surface area contributed by atoms with E-state index in [-0.39, 0.29) is 0 Å². The van der Waals surface area contributed by atoms with E-state index in [9.17, 15) is 9.59 Å². The number of rotatable bonds is 4. The van der Waals surface area contributed by atoms with E-state index in [1.807, 2.05) is 33.8 Å². The third kappa shape index (κ3) is 4.95. The zero-order valence-corrected chi connectivity index (χ0v) is 21.1. The standard InChI is InChI=1S/C22H25Cl2N5O3S/c1-21(2,3)32-20(31)26-22(4)8-10-28(11-9-22)17-15(12-30)29-19(25-17)33-18(27-29)13-6-5-7-14(23)16(13)24/h5-7,12H,8-11H2,1-4H3,(H,26,31). The van der Waals surface area contributed by atoms with E-state index in [2.05, 4.69) is 20.3 Å². The second-order valence-electron chi connectivity index (χ2n) is 9.32. The van der Waals surface area contributed by atoms with Crippen LogP contribution in [0.5, 0.6) is 0 Å². The predicted octanol–water partition coefficient (Wildman–Crippen LogP) is 5.46. The van der Waals surface area contributed by atoms with Crippen LogP contribution in [-0.2, 0) is 4.74 Å². The zero-order valence-electron chi connectivity index (χ0n) is 18.8. The Morgan fingerprint density at radius 3 is 2.61 bits per heavy atom. The molecule has 3 heterocycles. The Bertz CT molecular complexity index is 1210. The van der Waals surface area contributed by atoms with E-state index in [4.69, 9.17) is 27.9 Å². The minimum atomic E-state index is -0.552. The molecule has 0 radical (unpaired) electrons. The zero-order chi connectivity index (χ0) is 24.0. The number of aromatic nitrogens is 3. The summed E-state index contributed by atoms with van der Waals surface area (Å²) in [5.41, 5.74) is 0.129. The number of benzene rings is 1. The van der Waals surface area contributed by atoms with Crippen LogP contribution in [0.3, 0.4) is 0 Å². The number of ether oxygens (including phenoxy) is 1. The van der Waals surface area contributed by atoms with Gasteiger partial charge in [-0.1, -0.05) is 46.7 Å². The second kappa shape index (κ2) is 8.77. The summed E-state index contributed by atoms with van der Waals surface area (Å²) in [6.07, 6.45) is 1.72. The fourth-order valence-corrected chi connectivity index (χ4v) is 5.13. The number of carbonyl (C=O) groups excluding carboxylic acids is 2. The van der Waals surface area contributed by atoms with Gasteiger partial charge in [0.1, 0.15) is 10.6 Å². The van der Waals surface area contributed by atoms with Crippen molar-refractivity contribution in [2.75, 3.05) is 18.0 Å². The molecule has 1 N–H and O–H groups in total. The number of aldehydes is 1. The molecular formula is C22H25Cl2N5O3S. The van der Waals surface area contributed by atoms with E-state index in [0.717, 1.165) is 6.29 Å². The van der Waals surface area contributed by atoms with Crippen LogP contribution in [0, 0.1) is 0 Å². The van der Waals surface area contributed by atoms with Crippen molar-refractivity contribution in [3.8, 4) is 10.6 Å². The van der Waals surface area contributed by atoms with Crippen molar-refractivity contribution in [1.82, 2.24) is 19.9 Å². The molecule has 0 aliphatic carbocycles. The predicted molar refractivity (Wildman–Crippen MR) is 131 cm³/mol. The fraction of sp³-hybridized carbons (Fsp3) is 0.455. The Kier molecular flexibility index (Phi) is 6.32. The molecule has 2 aromatic heterocycles. The summed E-state index contributed by atoms with van der Waals surface area (Å²) >= 11 is 13.8. The number of nitrogens with one attached hydrogen (secondary N) is 1. The molecule has 1 amide bonds. The number of hydrogen-bond donors (Lipinski definition) is 1. The molecule has 176 valence electrons. The van der Waals surface area contributed by atoms with Gasteiger partial charge in [-0.3, -0.25) is 4.79 Å². The van der Waals surface area contributed by atoms with Crippen LogP contribution in [0.2, 0.25) is 10.0 Å². The lowest BCUT2D eigenvalue weighted by Gasteiger charge is -2.40. The lowest BCUT2D eigenvalue weighted by atomic mass is 9.90. The van der Waals surface area contributed by atoms with E-state index < -0.39 is 17.2 Å². The molecule has 33 heavy (non-hydrogen) atoms. The smallest absolute Gasteiger partial charge is 0.408 e. The van der Waals surface area contributed by atoms with Crippen molar-refractivity contribution in [2.24, 2.45) is 0 Å². The third-order valence-corrected chi connectivity index (χ3v) is 7.24. The molecule has 0 spiro atoms. The van der Waals surface area contributed by atoms with Gasteiger partial charge in [0.25, 0.3) is 0 Å². The molecule has 11 heteroatoms. The van der Waals surface area contributed by atoms with Crippen LogP contribution in [0.1, 0.15) is 51.0 Å². The van der Waals surface area contributed by atoms with Gasteiger partial charge in [-0.25, -0.2) is 4.79 Å². The number of halogens is 2. The fourth-order valence-electron chi connectivity index (χ4n) is 3.75. The molecule has 0 unspecified atom stereocenters. The van der Waals surface area contributed by atoms with Crippen LogP contribution in [0.15, 0.2) is 18.2 Å². The van der Waals surface area contributed by atoms with Crippen LogP contribution in [-0.4, -0.2) is 51.2 Å². The molecule has 1 fully saturated rings. The number of hydrogen-bond acceptors (Lipinski definition) is 7. The monoisotopic (exact) mass is 509 g/mol. The summed E-state index contributed by atoms with van der Waals surface area (Å²) in [6, 6.07) is 5.34. The SMILES string of the molecule is CC1(NC(=O)OC(C)(C)C)CCN(c2nc3sc(-c4cccc(Cl)c4Cl)nn3c2C=O)CC1. The number of piperidine rings is 1. The number of imidazole rings is 1. The maximum Gasteiger partial charge on any atom is 0.408 e. The van der Waals surface area contributed by atoms with E-state index in [0.29, 0.717) is 63.0 Å². The van der Waals surface area contributed by atoms with Gasteiger partial charge in [-0.05, 0) is 46.6 Å². The number of fused-ring (bicyclic) bond motifs is 1. The van der Waals surface area contributed by atoms with Crippen LogP contribution in [0.4, 0.5) is 10.6 Å². The van der Waals surface area contributed by atoms with Gasteiger partial charge in [-0.15, -0.1) is 0 Å². The summed E-state index contributed by atoms with van der Waals surface area (Å²) in [5, 5.41) is 9.05. The molecule has 1 aliphatic rings. The van der Waals surface area contributed by atoms with Gasteiger partial charge in [0.15, 0.2) is 17.8 Å². The second-order valence-corrected chi connectivity index (χ2v) is 11.1. The number of anilines is 1. The minimum Gasteiger partial charge on any atom is -0.444 e. The Hall–Kier alpha value is -2.36. The van der Waals surface area contributed by atoms with Crippen molar-refractivity contribution < 1.29 is 14.3 Å². The van der Waals surface area contributed by atoms with E-state index in [1.54, 1.807) is 16.6 Å². The van der Waals surface area contributed by atoms with Crippen molar-refractivity contribution >= 4 is 57.7 Å². The first-order valence-electron chi connectivity index (χ1n) is 10.5. The minimum absolute atomic E-state index is 0.384. The summed E-state index contributed by atoms with van der Waals surface area (Å²) in [5.74, 6) is 0.590. The molecule has 3 aromatic rings. The van der Waals surface area contributed by atoms with Gasteiger partial charge >= 0.3 is 6.09 Å². The first-order valence-corrected chi connectivity index (χ1v) is 12.1. The molecule has 4 rings (SSSR count). The molecular weight excluding hydrogens is 485 g/mol. The van der Waals surface area contributed by atoms with Gasteiger partial charge in [-0.2, -0.15) is 14.6 Å². The third-order valence-electron chi connectivity index (χ3n) is 5.48. The first kappa shape index (κ1) is 23.8. The normalized spacial score (nSPS) is 16.1. The van der Waals surface area contributed by atoms with Gasteiger partial charge in [0.05, 0.1) is 10.0 Å². The Labute approximate surface area is 205 Å². The van der Waals surface area contributed by atoms with Crippen LogP contribution < -0.4 is 10.2 Å². The van der Waals surface area contributed by atoms with E-state index >= 15 is 0 Å². The molecule has 0 bridgehead atoms. The molecule has 1 aliphatic heterocycles. The number of nitrogens with zero attached hydrogens (tertiary/aromatic N) is 4. The van der Waals surface area contributed by atoms with Crippen molar-refractivity contribution in [2.45, 2.75) is 51.7 Å². The van der Waals surface area contributed by atoms with Gasteiger partial charge < -0.3 is 15.0 Å². The lowest BCUT2D eigenvalue weighted by molar-refractivity contribution is 0.0448. The highest BCUT2D eigenvalue weighted by Crippen LogP contribution is 2.37. The Morgan fingerprint density at radius 2 is 1.97 bits per heavy atom. The van der Waals surface area contributed by atoms with Crippen LogP contribution >= 0.6 is 34.5 Å². The molecule has 0 atom stereocenters. The highest BCUT2D eigenvalue weighted by atomic mass is 35.5. The van der Waals surface area contributed by atoms with Gasteiger partial charge in [0.2, 0.25) is 4.96 Å². The van der Waals surface area contributed by atoms with Crippen molar-refractivity contribution in [3.63, 3.8) is 0 Å². The highest BCUT2D eigenvalue weighted by molar-refractivity contribution is 7.20. The van der Waals surface area contributed by atoms with Crippen molar-refractivity contribution in [3.05, 3.63) is 33.9 Å². The van der Waals surface area contributed by atoms with E-state index in [1.165, 1.54) is 11.3 Å². The topological polar surface area (TPSA) is 88.8 Å². The molecule has 1 aromatic carbocycles. The number of amides is 1. The summed E-state index contributed by atoms with van der Waals surface area (Å²) < 4.78 is 6.94. The highest BCUT2D eigenvalue weighted by Gasteiger charge is 2.35.